The topological polar surface area (TPSA) is 141 Å². The third kappa shape index (κ3) is 6.17. The van der Waals surface area contributed by atoms with Crippen LogP contribution in [-0.4, -0.2) is 25.7 Å². The molecule has 0 saturated heterocycles. The van der Waals surface area contributed by atoms with Gasteiger partial charge in [-0.3, -0.25) is 15.3 Å². The summed E-state index contributed by atoms with van der Waals surface area (Å²) in [7, 11) is -2.12. The summed E-state index contributed by atoms with van der Waals surface area (Å²) in [6.45, 7) is 0. The summed E-state index contributed by atoms with van der Waals surface area (Å²) in [5, 5.41) is 2.56. The summed E-state index contributed by atoms with van der Waals surface area (Å²) in [5.74, 6) is 0.0521. The van der Waals surface area contributed by atoms with Crippen LogP contribution in [0.4, 0.5) is 5.82 Å². The number of carbonyl (C=O) groups excluding carboxylic acids is 1. The molecule has 0 aliphatic heterocycles. The lowest BCUT2D eigenvalue weighted by Crippen LogP contribution is -2.17. The highest BCUT2D eigenvalue weighted by atomic mass is 31.2. The van der Waals surface area contributed by atoms with Gasteiger partial charge >= 0.3 is 5.69 Å². The van der Waals surface area contributed by atoms with Crippen LogP contribution in [0.3, 0.4) is 0 Å². The van der Waals surface area contributed by atoms with Gasteiger partial charge in [0.15, 0.2) is 0 Å². The first-order valence-corrected chi connectivity index (χ1v) is 6.65. The van der Waals surface area contributed by atoms with Crippen molar-refractivity contribution in [1.82, 2.24) is 9.97 Å². The zero-order chi connectivity index (χ0) is 15.0. The van der Waals surface area contributed by atoms with Crippen molar-refractivity contribution in [2.45, 2.75) is 0 Å². The monoisotopic (exact) mass is 296 g/mol. The van der Waals surface area contributed by atoms with Crippen molar-refractivity contribution < 1.29 is 14.6 Å². The lowest BCUT2D eigenvalue weighted by molar-refractivity contribution is 0.102. The molecule has 1 heterocycles. The molecule has 1 amide bonds. The van der Waals surface area contributed by atoms with Gasteiger partial charge in [0.25, 0.3) is 5.91 Å². The van der Waals surface area contributed by atoms with E-state index >= 15 is 0 Å². The van der Waals surface area contributed by atoms with Gasteiger partial charge in [-0.15, -0.1) is 0 Å². The smallest absolute Gasteiger partial charge is 0.338 e. The molecule has 0 atom stereocenters. The first-order chi connectivity index (χ1) is 9.49. The molecule has 106 valence electrons. The fourth-order valence-electron chi connectivity index (χ4n) is 1.23. The Hall–Kier alpha value is -2.12. The van der Waals surface area contributed by atoms with Crippen LogP contribution >= 0.6 is 8.53 Å². The summed E-state index contributed by atoms with van der Waals surface area (Å²) < 4.78 is 0. The number of anilines is 1. The average molecular weight is 296 g/mol. The average Bonchev–Trinajstić information content (AvgIpc) is 2.39. The molecule has 20 heavy (non-hydrogen) atoms. The Kier molecular flexibility index (Phi) is 6.48. The van der Waals surface area contributed by atoms with Crippen LogP contribution in [0.5, 0.6) is 0 Å². The fraction of sp³-hybridized carbons (Fsp3) is 0. The minimum absolute atomic E-state index is 0.276. The van der Waals surface area contributed by atoms with Crippen molar-refractivity contribution in [2.24, 2.45) is 5.50 Å². The Labute approximate surface area is 115 Å². The van der Waals surface area contributed by atoms with Crippen molar-refractivity contribution in [1.29, 1.82) is 0 Å². The van der Waals surface area contributed by atoms with Crippen molar-refractivity contribution >= 4 is 20.3 Å². The third-order valence-corrected chi connectivity index (χ3v) is 1.96. The van der Waals surface area contributed by atoms with E-state index < -0.39 is 14.2 Å². The van der Waals surface area contributed by atoms with Crippen LogP contribution in [0.25, 0.3) is 0 Å². The quantitative estimate of drug-likeness (QED) is 0.500. The van der Waals surface area contributed by atoms with Gasteiger partial charge in [-0.2, -0.15) is 0 Å². The molecule has 0 aliphatic carbocycles. The molecule has 1 aromatic heterocycles. The van der Waals surface area contributed by atoms with Crippen LogP contribution in [0.2, 0.25) is 0 Å². The number of nitrogens with two attached hydrogens (primary N) is 1. The standard InChI is InChI=1S/C11H9N3O2.H4NO2P/c15-10(8-4-2-1-3-5-8)13-9-6-7-12-11(16)14-9;1-4(2)3/h1-7H,(H2,12,13,14,15,16);2-3H,1H2. The molecule has 0 fully saturated rings. The Morgan fingerprint density at radius 3 is 2.40 bits per heavy atom. The maximum absolute atomic E-state index is 11.7. The zero-order valence-corrected chi connectivity index (χ0v) is 11.1. The second kappa shape index (κ2) is 8.13. The van der Waals surface area contributed by atoms with E-state index in [4.69, 9.17) is 9.79 Å². The van der Waals surface area contributed by atoms with Gasteiger partial charge in [-0.05, 0) is 18.2 Å². The fourth-order valence-corrected chi connectivity index (χ4v) is 1.23. The highest BCUT2D eigenvalue weighted by Gasteiger charge is 2.04. The van der Waals surface area contributed by atoms with Crippen molar-refractivity contribution in [3.63, 3.8) is 0 Å². The van der Waals surface area contributed by atoms with Gasteiger partial charge in [0.05, 0.1) is 0 Å². The first-order valence-electron chi connectivity index (χ1n) is 5.33. The van der Waals surface area contributed by atoms with Crippen LogP contribution < -0.4 is 16.5 Å². The van der Waals surface area contributed by atoms with Gasteiger partial charge < -0.3 is 15.1 Å². The van der Waals surface area contributed by atoms with E-state index in [1.165, 1.54) is 12.3 Å². The maximum Gasteiger partial charge on any atom is 0.346 e. The normalized spacial score (nSPS) is 9.60. The molecule has 2 aromatic rings. The summed E-state index contributed by atoms with van der Waals surface area (Å²) >= 11 is 0. The molecule has 0 unspecified atom stereocenters. The predicted octanol–water partition coefficient (Wildman–Crippen LogP) is 0.179. The molecule has 6 N–H and O–H groups in total. The number of nitrogens with one attached hydrogen (secondary N) is 2. The molecule has 0 bridgehead atoms. The van der Waals surface area contributed by atoms with E-state index in [1.807, 2.05) is 6.07 Å². The number of aromatic nitrogens is 2. The van der Waals surface area contributed by atoms with Crippen LogP contribution in [0, 0.1) is 0 Å². The molecule has 0 spiro atoms. The second-order valence-electron chi connectivity index (χ2n) is 3.43. The van der Waals surface area contributed by atoms with Crippen LogP contribution in [-0.2, 0) is 0 Å². The summed E-state index contributed by atoms with van der Waals surface area (Å²) in [6, 6.07) is 10.3. The highest BCUT2D eigenvalue weighted by molar-refractivity contribution is 7.42. The van der Waals surface area contributed by atoms with E-state index in [0.717, 1.165) is 0 Å². The third-order valence-electron chi connectivity index (χ3n) is 1.96. The molecule has 8 nitrogen and oxygen atoms in total. The molecular formula is C11H13N4O4P. The van der Waals surface area contributed by atoms with Gasteiger partial charge in [0, 0.05) is 11.8 Å². The van der Waals surface area contributed by atoms with E-state index in [9.17, 15) is 9.59 Å². The minimum atomic E-state index is -2.12. The number of benzene rings is 1. The molecular weight excluding hydrogens is 283 g/mol. The number of carbonyl (C=O) groups is 1. The number of amides is 1. The van der Waals surface area contributed by atoms with Crippen molar-refractivity contribution in [2.75, 3.05) is 5.32 Å². The van der Waals surface area contributed by atoms with Gasteiger partial charge in [-0.25, -0.2) is 9.78 Å². The van der Waals surface area contributed by atoms with Crippen molar-refractivity contribution in [3.05, 3.63) is 58.6 Å². The maximum atomic E-state index is 11.7. The van der Waals surface area contributed by atoms with Crippen LogP contribution in [0.1, 0.15) is 10.4 Å². The van der Waals surface area contributed by atoms with Gasteiger partial charge in [0.1, 0.15) is 5.82 Å². The Bertz CT molecular complexity index is 600. The number of hydrogen-bond acceptors (Lipinski definition) is 6. The SMILES string of the molecule is NP(O)O.O=C(Nc1ccnc(=O)[nH]1)c1ccccc1. The molecule has 0 saturated carbocycles. The summed E-state index contributed by atoms with van der Waals surface area (Å²) in [6.07, 6.45) is 1.33. The largest absolute Gasteiger partial charge is 0.346 e. The molecule has 2 rings (SSSR count). The van der Waals surface area contributed by atoms with E-state index in [1.54, 1.807) is 24.3 Å². The zero-order valence-electron chi connectivity index (χ0n) is 10.2. The number of hydrogen-bond donors (Lipinski definition) is 5. The Morgan fingerprint density at radius 1 is 1.25 bits per heavy atom. The van der Waals surface area contributed by atoms with E-state index in [-0.39, 0.29) is 5.91 Å². The Balaban J connectivity index is 0.000000444. The molecule has 0 radical (unpaired) electrons. The lowest BCUT2D eigenvalue weighted by atomic mass is 10.2. The van der Waals surface area contributed by atoms with Crippen molar-refractivity contribution in [3.8, 4) is 0 Å². The summed E-state index contributed by atoms with van der Waals surface area (Å²) in [5.41, 5.74) is 4.32. The number of H-pyrrole nitrogens is 1. The highest BCUT2D eigenvalue weighted by Crippen LogP contribution is 2.05. The van der Waals surface area contributed by atoms with E-state index in [0.29, 0.717) is 11.4 Å². The molecule has 9 heteroatoms. The number of aromatic amines is 1. The molecule has 0 aliphatic rings. The van der Waals surface area contributed by atoms with Gasteiger partial charge in [0.2, 0.25) is 8.53 Å². The van der Waals surface area contributed by atoms with Gasteiger partial charge in [-0.1, -0.05) is 18.2 Å². The minimum Gasteiger partial charge on any atom is -0.338 e. The first kappa shape index (κ1) is 15.9. The number of rotatable bonds is 2. The number of nitrogens with zero attached hydrogens (tertiary/aromatic N) is 1. The Morgan fingerprint density at radius 2 is 1.85 bits per heavy atom. The summed E-state index contributed by atoms with van der Waals surface area (Å²) in [4.78, 5) is 43.3. The van der Waals surface area contributed by atoms with Crippen LogP contribution in [0.15, 0.2) is 47.4 Å². The molecule has 1 aromatic carbocycles. The van der Waals surface area contributed by atoms with E-state index in [2.05, 4.69) is 20.8 Å². The predicted molar refractivity (Wildman–Crippen MR) is 74.8 cm³/mol. The lowest BCUT2D eigenvalue weighted by Gasteiger charge is -2.03. The second-order valence-corrected chi connectivity index (χ2v) is 4.07.